The Morgan fingerprint density at radius 3 is 2.23 bits per heavy atom. The number of carbonyl (C=O) groups excluding carboxylic acids is 4. The van der Waals surface area contributed by atoms with Gasteiger partial charge in [-0.3, -0.25) is 19.2 Å². The van der Waals surface area contributed by atoms with E-state index in [2.05, 4.69) is 10.6 Å². The van der Waals surface area contributed by atoms with Crippen LogP contribution in [0.5, 0.6) is 0 Å². The van der Waals surface area contributed by atoms with Gasteiger partial charge in [-0.2, -0.15) is 0 Å². The molecule has 0 saturated heterocycles. The number of hydrogen-bond donors (Lipinski definition) is 3. The summed E-state index contributed by atoms with van der Waals surface area (Å²) >= 11 is 1.40. The van der Waals surface area contributed by atoms with E-state index in [-0.39, 0.29) is 24.0 Å². The number of nitrogens with zero attached hydrogens (tertiary/aromatic N) is 1. The molecule has 40 heavy (non-hydrogen) atoms. The molecule has 2 unspecified atom stereocenters. The van der Waals surface area contributed by atoms with Gasteiger partial charge in [0.15, 0.2) is 0 Å². The van der Waals surface area contributed by atoms with Gasteiger partial charge >= 0.3 is 5.97 Å². The van der Waals surface area contributed by atoms with Gasteiger partial charge in [-0.15, -0.1) is 11.8 Å². The molecule has 1 heterocycles. The molecule has 0 spiro atoms. The van der Waals surface area contributed by atoms with Crippen molar-refractivity contribution >= 4 is 47.4 Å². The minimum atomic E-state index is -1.24. The van der Waals surface area contributed by atoms with Crippen LogP contribution < -0.4 is 15.5 Å². The molecule has 3 aromatic carbocycles. The molecule has 204 valence electrons. The molecular weight excluding hydrogens is 530 g/mol. The van der Waals surface area contributed by atoms with Crippen molar-refractivity contribution in [2.45, 2.75) is 35.7 Å². The molecule has 0 saturated carbocycles. The number of aldehydes is 1. The summed E-state index contributed by atoms with van der Waals surface area (Å²) < 4.78 is 0. The molecule has 1 aliphatic carbocycles. The fourth-order valence-corrected chi connectivity index (χ4v) is 6.33. The number of carboxylic acid groups (broad SMARTS) is 1. The first-order valence-corrected chi connectivity index (χ1v) is 13.8. The van der Waals surface area contributed by atoms with Crippen molar-refractivity contribution < 1.29 is 29.1 Å². The first-order valence-electron chi connectivity index (χ1n) is 12.8. The maximum absolute atomic E-state index is 13.7. The number of thioether (sulfide) groups is 1. The molecule has 0 bridgehead atoms. The van der Waals surface area contributed by atoms with Crippen LogP contribution in [0.15, 0.2) is 77.7 Å². The van der Waals surface area contributed by atoms with Gasteiger partial charge in [0.2, 0.25) is 11.8 Å². The Bertz CT molecular complexity index is 1450. The van der Waals surface area contributed by atoms with Crippen LogP contribution in [0.25, 0.3) is 11.1 Å². The summed E-state index contributed by atoms with van der Waals surface area (Å²) in [7, 11) is 0. The van der Waals surface area contributed by atoms with Gasteiger partial charge in [0, 0.05) is 23.0 Å². The smallest absolute Gasteiger partial charge is 0.305 e. The molecule has 2 atom stereocenters. The van der Waals surface area contributed by atoms with Crippen molar-refractivity contribution in [2.24, 2.45) is 0 Å². The van der Waals surface area contributed by atoms with Crippen LogP contribution in [0, 0.1) is 0 Å². The maximum Gasteiger partial charge on any atom is 0.305 e. The second kappa shape index (κ2) is 11.7. The summed E-state index contributed by atoms with van der Waals surface area (Å²) in [5, 5.41) is 14.2. The quantitative estimate of drug-likeness (QED) is 0.345. The Labute approximate surface area is 234 Å². The summed E-state index contributed by atoms with van der Waals surface area (Å²) in [5.74, 6) is -2.54. The van der Waals surface area contributed by atoms with Crippen molar-refractivity contribution in [3.8, 4) is 11.1 Å². The number of amides is 3. The lowest BCUT2D eigenvalue weighted by molar-refractivity contribution is -0.138. The van der Waals surface area contributed by atoms with Crippen molar-refractivity contribution in [1.29, 1.82) is 0 Å². The SMILES string of the molecule is O=CC(CC(=O)O)NC(=O)CN1C(=O)C(NC(=O)CC2c3ccccc3-c3ccccc32)CSc2ccccc21. The van der Waals surface area contributed by atoms with E-state index in [0.29, 0.717) is 12.0 Å². The topological polar surface area (TPSA) is 133 Å². The number of fused-ring (bicyclic) bond motifs is 4. The number of para-hydroxylation sites is 1. The lowest BCUT2D eigenvalue weighted by atomic mass is 9.93. The third-order valence-corrected chi connectivity index (χ3v) is 8.18. The zero-order valence-electron chi connectivity index (χ0n) is 21.4. The van der Waals surface area contributed by atoms with Crippen molar-refractivity contribution in [3.05, 3.63) is 83.9 Å². The van der Waals surface area contributed by atoms with Crippen LogP contribution >= 0.6 is 11.8 Å². The van der Waals surface area contributed by atoms with E-state index in [4.69, 9.17) is 5.11 Å². The van der Waals surface area contributed by atoms with Gasteiger partial charge in [-0.25, -0.2) is 0 Å². The third-order valence-electron chi connectivity index (χ3n) is 7.02. The highest BCUT2D eigenvalue weighted by molar-refractivity contribution is 7.99. The number of nitrogens with one attached hydrogen (secondary N) is 2. The average molecular weight is 558 g/mol. The summed E-state index contributed by atoms with van der Waals surface area (Å²) in [6.07, 6.45) is -0.0593. The van der Waals surface area contributed by atoms with Crippen LogP contribution in [0.2, 0.25) is 0 Å². The van der Waals surface area contributed by atoms with Gasteiger partial charge in [0.1, 0.15) is 18.9 Å². The Kier molecular flexibility index (Phi) is 7.97. The lowest BCUT2D eigenvalue weighted by Crippen LogP contribution is -2.52. The monoisotopic (exact) mass is 557 g/mol. The highest BCUT2D eigenvalue weighted by atomic mass is 32.2. The zero-order valence-corrected chi connectivity index (χ0v) is 22.2. The Hall–Kier alpha value is -4.44. The van der Waals surface area contributed by atoms with Crippen molar-refractivity contribution in [3.63, 3.8) is 0 Å². The first-order chi connectivity index (χ1) is 19.4. The van der Waals surface area contributed by atoms with Crippen molar-refractivity contribution in [2.75, 3.05) is 17.2 Å². The predicted octanol–water partition coefficient (Wildman–Crippen LogP) is 2.97. The second-order valence-electron chi connectivity index (χ2n) is 9.66. The summed E-state index contributed by atoms with van der Waals surface area (Å²) in [5.41, 5.74) is 4.83. The van der Waals surface area contributed by atoms with Crippen LogP contribution in [-0.4, -0.2) is 59.5 Å². The lowest BCUT2D eigenvalue weighted by Gasteiger charge is -2.26. The summed E-state index contributed by atoms with van der Waals surface area (Å²) in [4.78, 5) is 64.1. The normalized spacial score (nSPS) is 16.6. The van der Waals surface area contributed by atoms with E-state index in [0.717, 1.165) is 27.1 Å². The maximum atomic E-state index is 13.7. The first kappa shape index (κ1) is 27.1. The van der Waals surface area contributed by atoms with E-state index in [9.17, 15) is 24.0 Å². The van der Waals surface area contributed by atoms with E-state index in [1.807, 2.05) is 60.7 Å². The van der Waals surface area contributed by atoms with Gasteiger partial charge in [0.05, 0.1) is 18.2 Å². The number of anilines is 1. The number of carboxylic acids is 1. The largest absolute Gasteiger partial charge is 0.481 e. The standard InChI is InChI=1S/C30H27N3O6S/c34-16-18(13-29(37)38)31-28(36)15-33-25-11-5-6-12-26(25)40-17-24(30(33)39)32-27(35)14-23-21-9-3-1-7-19(21)20-8-2-4-10-22(20)23/h1-12,16,18,23-24H,13-15,17H2,(H,31,36)(H,32,35)(H,37,38). The molecule has 1 aliphatic heterocycles. The van der Waals surface area contributed by atoms with Gasteiger partial charge in [-0.05, 0) is 34.4 Å². The minimum absolute atomic E-state index is 0.144. The number of benzene rings is 3. The molecule has 5 rings (SSSR count). The molecule has 10 heteroatoms. The highest BCUT2D eigenvalue weighted by Gasteiger charge is 2.35. The van der Waals surface area contributed by atoms with E-state index in [1.54, 1.807) is 12.1 Å². The Morgan fingerprint density at radius 1 is 0.950 bits per heavy atom. The molecule has 3 aromatic rings. The van der Waals surface area contributed by atoms with Crippen LogP contribution in [-0.2, 0) is 24.0 Å². The third kappa shape index (κ3) is 5.62. The second-order valence-corrected chi connectivity index (χ2v) is 10.7. The van der Waals surface area contributed by atoms with Gasteiger partial charge in [-0.1, -0.05) is 60.7 Å². The number of aliphatic carboxylic acids is 1. The Balaban J connectivity index is 1.33. The van der Waals surface area contributed by atoms with E-state index >= 15 is 0 Å². The molecule has 0 radical (unpaired) electrons. The zero-order chi connectivity index (χ0) is 28.2. The van der Waals surface area contributed by atoms with Crippen LogP contribution in [0.1, 0.15) is 29.9 Å². The molecule has 3 amide bonds. The fraction of sp³-hybridized carbons (Fsp3) is 0.233. The summed E-state index contributed by atoms with van der Waals surface area (Å²) in [6.45, 7) is -0.434. The number of hydrogen-bond acceptors (Lipinski definition) is 6. The number of carbonyl (C=O) groups is 5. The fourth-order valence-electron chi connectivity index (χ4n) is 5.26. The molecule has 9 nitrogen and oxygen atoms in total. The van der Waals surface area contributed by atoms with Crippen LogP contribution in [0.3, 0.4) is 0 Å². The van der Waals surface area contributed by atoms with Gasteiger partial charge in [0.25, 0.3) is 5.91 Å². The highest BCUT2D eigenvalue weighted by Crippen LogP contribution is 2.46. The Morgan fingerprint density at radius 2 is 1.57 bits per heavy atom. The average Bonchev–Trinajstić information content (AvgIpc) is 3.20. The molecule has 2 aliphatic rings. The predicted molar refractivity (Wildman–Crippen MR) is 150 cm³/mol. The number of rotatable bonds is 9. The minimum Gasteiger partial charge on any atom is -0.481 e. The summed E-state index contributed by atoms with van der Waals surface area (Å²) in [6, 6.07) is 21.0. The van der Waals surface area contributed by atoms with Crippen molar-refractivity contribution in [1.82, 2.24) is 10.6 Å². The molecular formula is C30H27N3O6S. The van der Waals surface area contributed by atoms with E-state index in [1.165, 1.54) is 16.7 Å². The van der Waals surface area contributed by atoms with E-state index < -0.39 is 42.8 Å². The molecule has 0 aromatic heterocycles. The molecule has 0 fully saturated rings. The van der Waals surface area contributed by atoms with Gasteiger partial charge < -0.3 is 25.4 Å². The molecule has 3 N–H and O–H groups in total. The van der Waals surface area contributed by atoms with Crippen LogP contribution in [0.4, 0.5) is 5.69 Å².